The van der Waals surface area contributed by atoms with Gasteiger partial charge in [-0.25, -0.2) is 4.39 Å². The smallest absolute Gasteiger partial charge is 0.462 e. The Balaban J connectivity index is 1.71. The molecular weight excluding hydrogens is 358 g/mol. The maximum atomic E-state index is 13.9. The number of halogens is 4. The second-order valence-corrected chi connectivity index (χ2v) is 5.87. The minimum atomic E-state index is -4.93. The fraction of sp³-hybridized carbons (Fsp3) is 0.500. The number of piperidine rings is 1. The van der Waals surface area contributed by atoms with Crippen LogP contribution in [0.25, 0.3) is 0 Å². The van der Waals surface area contributed by atoms with Crippen molar-refractivity contribution in [2.45, 2.75) is 31.5 Å². The van der Waals surface area contributed by atoms with Crippen LogP contribution in [-0.4, -0.2) is 36.2 Å². The van der Waals surface area contributed by atoms with Gasteiger partial charge in [0.05, 0.1) is 12.5 Å². The van der Waals surface area contributed by atoms with Gasteiger partial charge in [-0.05, 0) is 42.1 Å². The number of aromatic nitrogens is 2. The van der Waals surface area contributed by atoms with E-state index < -0.39 is 17.9 Å². The first-order valence-corrected chi connectivity index (χ1v) is 8.08. The minimum absolute atomic E-state index is 0.107. The predicted octanol–water partition coefficient (Wildman–Crippen LogP) is 3.37. The molecule has 1 N–H and O–H groups in total. The van der Waals surface area contributed by atoms with Crippen LogP contribution < -0.4 is 14.8 Å². The van der Waals surface area contributed by atoms with Gasteiger partial charge in [0.2, 0.25) is 5.89 Å². The van der Waals surface area contributed by atoms with Gasteiger partial charge in [0.15, 0.2) is 11.6 Å². The number of hydrogen-bond donors (Lipinski definition) is 1. The van der Waals surface area contributed by atoms with Crippen LogP contribution in [-0.2, 0) is 0 Å². The van der Waals surface area contributed by atoms with Crippen LogP contribution in [0.3, 0.4) is 0 Å². The van der Waals surface area contributed by atoms with E-state index in [2.05, 4.69) is 20.2 Å². The molecule has 142 valence electrons. The average molecular weight is 375 g/mol. The summed E-state index contributed by atoms with van der Waals surface area (Å²) < 4.78 is 64.7. The standard InChI is InChI=1S/C16H17F4N3O3/c1-2-24-15-22-14(26-23-15)11-5-10(7-21-8-11)9-3-4-13(12(17)6-9)25-16(18,19)20/h3-4,6,10-11,21H,2,5,7-8H2,1H3. The van der Waals surface area contributed by atoms with Crippen LogP contribution in [0.4, 0.5) is 17.6 Å². The van der Waals surface area contributed by atoms with Crippen molar-refractivity contribution in [3.63, 3.8) is 0 Å². The summed E-state index contributed by atoms with van der Waals surface area (Å²) in [5.41, 5.74) is 0.568. The van der Waals surface area contributed by atoms with E-state index in [1.54, 1.807) is 6.92 Å². The van der Waals surface area contributed by atoms with E-state index in [-0.39, 0.29) is 17.8 Å². The summed E-state index contributed by atoms with van der Waals surface area (Å²) in [6.45, 7) is 3.37. The number of hydrogen-bond acceptors (Lipinski definition) is 6. The zero-order valence-corrected chi connectivity index (χ0v) is 13.8. The molecule has 0 spiro atoms. The van der Waals surface area contributed by atoms with Gasteiger partial charge in [-0.2, -0.15) is 4.98 Å². The molecule has 1 aromatic carbocycles. The molecule has 0 amide bonds. The molecule has 0 saturated carbocycles. The zero-order chi connectivity index (χ0) is 18.7. The highest BCUT2D eigenvalue weighted by Crippen LogP contribution is 2.34. The topological polar surface area (TPSA) is 69.4 Å². The molecule has 2 unspecified atom stereocenters. The van der Waals surface area contributed by atoms with Gasteiger partial charge >= 0.3 is 12.4 Å². The molecule has 1 aliphatic rings. The van der Waals surface area contributed by atoms with Crippen molar-refractivity contribution in [3.8, 4) is 11.8 Å². The number of nitrogens with one attached hydrogen (secondary N) is 1. The molecule has 0 radical (unpaired) electrons. The molecule has 10 heteroatoms. The van der Waals surface area contributed by atoms with Crippen LogP contribution >= 0.6 is 0 Å². The lowest BCUT2D eigenvalue weighted by molar-refractivity contribution is -0.275. The van der Waals surface area contributed by atoms with Crippen molar-refractivity contribution in [2.75, 3.05) is 19.7 Å². The van der Waals surface area contributed by atoms with Gasteiger partial charge in [-0.1, -0.05) is 6.07 Å². The molecule has 1 saturated heterocycles. The molecule has 6 nitrogen and oxygen atoms in total. The van der Waals surface area contributed by atoms with Gasteiger partial charge in [0.25, 0.3) is 0 Å². The highest BCUT2D eigenvalue weighted by molar-refractivity contribution is 5.32. The molecule has 0 aliphatic carbocycles. The van der Waals surface area contributed by atoms with Crippen molar-refractivity contribution in [1.82, 2.24) is 15.5 Å². The molecule has 1 aliphatic heterocycles. The Morgan fingerprint density at radius 2 is 2.04 bits per heavy atom. The fourth-order valence-electron chi connectivity index (χ4n) is 2.94. The second-order valence-electron chi connectivity index (χ2n) is 5.87. The number of ether oxygens (including phenoxy) is 2. The third-order valence-corrected chi connectivity index (χ3v) is 4.05. The van der Waals surface area contributed by atoms with E-state index in [9.17, 15) is 17.6 Å². The van der Waals surface area contributed by atoms with Crippen LogP contribution in [0.15, 0.2) is 22.7 Å². The summed E-state index contributed by atoms with van der Waals surface area (Å²) in [4.78, 5) is 4.16. The Hall–Kier alpha value is -2.36. The predicted molar refractivity (Wildman–Crippen MR) is 81.5 cm³/mol. The highest BCUT2D eigenvalue weighted by atomic mass is 19.4. The summed E-state index contributed by atoms with van der Waals surface area (Å²) in [6.07, 6.45) is -4.35. The average Bonchev–Trinajstić information content (AvgIpc) is 3.05. The fourth-order valence-corrected chi connectivity index (χ4v) is 2.94. The van der Waals surface area contributed by atoms with Crippen molar-refractivity contribution in [3.05, 3.63) is 35.5 Å². The third kappa shape index (κ3) is 4.43. The monoisotopic (exact) mass is 375 g/mol. The number of rotatable bonds is 5. The molecule has 1 aromatic heterocycles. The molecule has 2 heterocycles. The van der Waals surface area contributed by atoms with Crippen molar-refractivity contribution in [2.24, 2.45) is 0 Å². The zero-order valence-electron chi connectivity index (χ0n) is 13.8. The summed E-state index contributed by atoms with van der Waals surface area (Å²) >= 11 is 0. The molecular formula is C16H17F4N3O3. The van der Waals surface area contributed by atoms with E-state index in [0.717, 1.165) is 12.1 Å². The first kappa shape index (κ1) is 18.4. The van der Waals surface area contributed by atoms with E-state index in [4.69, 9.17) is 9.26 Å². The Kier molecular flexibility index (Phi) is 5.30. The highest BCUT2D eigenvalue weighted by Gasteiger charge is 2.33. The Morgan fingerprint density at radius 3 is 2.73 bits per heavy atom. The maximum absolute atomic E-state index is 13.9. The van der Waals surface area contributed by atoms with E-state index >= 15 is 0 Å². The first-order valence-electron chi connectivity index (χ1n) is 8.08. The first-order chi connectivity index (χ1) is 12.4. The van der Waals surface area contributed by atoms with Crippen molar-refractivity contribution in [1.29, 1.82) is 0 Å². The number of alkyl halides is 3. The van der Waals surface area contributed by atoms with Crippen LogP contribution in [0.1, 0.15) is 36.6 Å². The van der Waals surface area contributed by atoms with Crippen LogP contribution in [0, 0.1) is 5.82 Å². The summed E-state index contributed by atoms with van der Waals surface area (Å²) in [7, 11) is 0. The SMILES string of the molecule is CCOc1noc(C2CNCC(c3ccc(OC(F)(F)F)c(F)c3)C2)n1. The van der Waals surface area contributed by atoms with Gasteiger partial charge in [-0.15, -0.1) is 13.2 Å². The van der Waals surface area contributed by atoms with Gasteiger partial charge < -0.3 is 19.3 Å². The lowest BCUT2D eigenvalue weighted by Crippen LogP contribution is -2.34. The molecule has 1 fully saturated rings. The number of benzene rings is 1. The van der Waals surface area contributed by atoms with Gasteiger partial charge in [-0.3, -0.25) is 0 Å². The van der Waals surface area contributed by atoms with E-state index in [1.165, 1.54) is 6.07 Å². The number of nitrogens with zero attached hydrogens (tertiary/aromatic N) is 2. The molecule has 2 aromatic rings. The summed E-state index contributed by atoms with van der Waals surface area (Å²) in [5, 5.41) is 6.91. The van der Waals surface area contributed by atoms with Gasteiger partial charge in [0.1, 0.15) is 0 Å². The normalized spacial score (nSPS) is 20.8. The lowest BCUT2D eigenvalue weighted by atomic mass is 9.85. The summed E-state index contributed by atoms with van der Waals surface area (Å²) in [6, 6.07) is 3.64. The minimum Gasteiger partial charge on any atom is -0.462 e. The second kappa shape index (κ2) is 7.48. The molecule has 2 atom stereocenters. The Bertz CT molecular complexity index is 751. The van der Waals surface area contributed by atoms with E-state index in [1.807, 2.05) is 0 Å². The quantitative estimate of drug-likeness (QED) is 0.809. The lowest BCUT2D eigenvalue weighted by Gasteiger charge is -2.28. The summed E-state index contributed by atoms with van der Waals surface area (Å²) in [5.74, 6) is -1.73. The third-order valence-electron chi connectivity index (χ3n) is 4.05. The largest absolute Gasteiger partial charge is 0.573 e. The molecule has 26 heavy (non-hydrogen) atoms. The molecule has 0 bridgehead atoms. The van der Waals surface area contributed by atoms with E-state index in [0.29, 0.717) is 37.6 Å². The van der Waals surface area contributed by atoms with Gasteiger partial charge in [0, 0.05) is 13.1 Å². The Labute approximate surface area is 146 Å². The Morgan fingerprint density at radius 1 is 1.27 bits per heavy atom. The van der Waals surface area contributed by atoms with Crippen LogP contribution in [0.5, 0.6) is 11.8 Å². The van der Waals surface area contributed by atoms with Crippen molar-refractivity contribution < 1.29 is 31.6 Å². The van der Waals surface area contributed by atoms with Crippen molar-refractivity contribution >= 4 is 0 Å². The molecule has 3 rings (SSSR count). The van der Waals surface area contributed by atoms with Crippen LogP contribution in [0.2, 0.25) is 0 Å². The maximum Gasteiger partial charge on any atom is 0.573 e.